The van der Waals surface area contributed by atoms with Gasteiger partial charge in [-0.25, -0.2) is 0 Å². The van der Waals surface area contributed by atoms with Crippen molar-refractivity contribution in [3.63, 3.8) is 0 Å². The van der Waals surface area contributed by atoms with E-state index in [1.165, 1.54) is 5.56 Å². The molecule has 2 nitrogen and oxygen atoms in total. The molecule has 1 aliphatic heterocycles. The van der Waals surface area contributed by atoms with Gasteiger partial charge >= 0.3 is 0 Å². The topological polar surface area (TPSA) is 29.3 Å². The lowest BCUT2D eigenvalue weighted by Gasteiger charge is -2.35. The predicted octanol–water partition coefficient (Wildman–Crippen LogP) is 3.21. The first-order valence-corrected chi connectivity index (χ1v) is 7.23. The van der Waals surface area contributed by atoms with E-state index < -0.39 is 0 Å². The van der Waals surface area contributed by atoms with Gasteiger partial charge in [0.15, 0.2) is 0 Å². The van der Waals surface area contributed by atoms with Crippen LogP contribution in [0.15, 0.2) is 18.2 Å². The fraction of sp³-hybridized carbons (Fsp3) is 0.571. The summed E-state index contributed by atoms with van der Waals surface area (Å²) in [4.78, 5) is 2.47. The van der Waals surface area contributed by atoms with Crippen LogP contribution in [0.4, 0.5) is 0 Å². The third kappa shape index (κ3) is 3.61. The van der Waals surface area contributed by atoms with Crippen LogP contribution in [0.1, 0.15) is 18.9 Å². The molecule has 0 aliphatic carbocycles. The number of nitrogens with zero attached hydrogens (tertiary/aromatic N) is 1. The van der Waals surface area contributed by atoms with Crippen molar-refractivity contribution in [2.24, 2.45) is 11.7 Å². The summed E-state index contributed by atoms with van der Waals surface area (Å²) in [6.07, 6.45) is 2.06. The molecule has 1 saturated heterocycles. The highest BCUT2D eigenvalue weighted by Crippen LogP contribution is 2.22. The van der Waals surface area contributed by atoms with Crippen molar-refractivity contribution < 1.29 is 0 Å². The van der Waals surface area contributed by atoms with Gasteiger partial charge in [0.25, 0.3) is 0 Å². The molecule has 0 bridgehead atoms. The molecule has 0 spiro atoms. The van der Waals surface area contributed by atoms with Gasteiger partial charge in [-0.1, -0.05) is 36.2 Å². The zero-order valence-electron chi connectivity index (χ0n) is 10.7. The summed E-state index contributed by atoms with van der Waals surface area (Å²) in [7, 11) is 0. The molecule has 0 radical (unpaired) electrons. The van der Waals surface area contributed by atoms with E-state index in [2.05, 4.69) is 11.8 Å². The fourth-order valence-corrected chi connectivity index (χ4v) is 2.96. The number of benzene rings is 1. The molecule has 1 aliphatic rings. The first-order valence-electron chi connectivity index (χ1n) is 6.48. The van der Waals surface area contributed by atoms with Crippen molar-refractivity contribution in [3.05, 3.63) is 33.8 Å². The van der Waals surface area contributed by atoms with Crippen molar-refractivity contribution in [2.75, 3.05) is 19.6 Å². The van der Waals surface area contributed by atoms with E-state index in [1.54, 1.807) is 0 Å². The molecule has 100 valence electrons. The van der Waals surface area contributed by atoms with E-state index in [1.807, 2.05) is 18.2 Å². The Morgan fingerprint density at radius 1 is 1.39 bits per heavy atom. The van der Waals surface area contributed by atoms with Crippen LogP contribution in [-0.2, 0) is 6.42 Å². The highest BCUT2D eigenvalue weighted by Gasteiger charge is 2.22. The monoisotopic (exact) mass is 286 g/mol. The van der Waals surface area contributed by atoms with Crippen LogP contribution >= 0.6 is 23.2 Å². The Kier molecular flexibility index (Phi) is 4.91. The first-order chi connectivity index (χ1) is 8.56. The second kappa shape index (κ2) is 6.25. The van der Waals surface area contributed by atoms with E-state index >= 15 is 0 Å². The second-order valence-corrected chi connectivity index (χ2v) is 6.06. The van der Waals surface area contributed by atoms with Crippen LogP contribution < -0.4 is 5.73 Å². The molecule has 2 unspecified atom stereocenters. The maximum atomic E-state index is 6.18. The molecule has 0 aromatic heterocycles. The van der Waals surface area contributed by atoms with E-state index in [0.717, 1.165) is 37.5 Å². The van der Waals surface area contributed by atoms with E-state index in [0.29, 0.717) is 17.0 Å². The highest BCUT2D eigenvalue weighted by molar-refractivity contribution is 6.35. The van der Waals surface area contributed by atoms with Crippen LogP contribution in [-0.4, -0.2) is 30.6 Å². The molecule has 1 aromatic rings. The van der Waals surface area contributed by atoms with Gasteiger partial charge in [-0.05, 0) is 43.0 Å². The Morgan fingerprint density at radius 3 is 2.83 bits per heavy atom. The third-order valence-corrected chi connectivity index (χ3v) is 4.36. The molecule has 0 amide bonds. The van der Waals surface area contributed by atoms with Crippen LogP contribution in [0.5, 0.6) is 0 Å². The molecular weight excluding hydrogens is 267 g/mol. The second-order valence-electron chi connectivity index (χ2n) is 5.22. The molecule has 1 aromatic carbocycles. The molecular formula is C14H20Cl2N2. The molecule has 18 heavy (non-hydrogen) atoms. The highest BCUT2D eigenvalue weighted by atomic mass is 35.5. The quantitative estimate of drug-likeness (QED) is 0.925. The number of rotatable bonds is 3. The van der Waals surface area contributed by atoms with E-state index in [-0.39, 0.29) is 0 Å². The summed E-state index contributed by atoms with van der Waals surface area (Å²) in [5.41, 5.74) is 7.20. The van der Waals surface area contributed by atoms with Gasteiger partial charge in [0.1, 0.15) is 0 Å². The Labute approximate surface area is 119 Å². The molecule has 2 rings (SSSR count). The maximum absolute atomic E-state index is 6.18. The number of hydrogen-bond acceptors (Lipinski definition) is 2. The lowest BCUT2D eigenvalue weighted by molar-refractivity contribution is 0.166. The van der Waals surface area contributed by atoms with Crippen molar-refractivity contribution in [2.45, 2.75) is 25.8 Å². The van der Waals surface area contributed by atoms with Crippen molar-refractivity contribution >= 4 is 23.2 Å². The Morgan fingerprint density at radius 2 is 2.17 bits per heavy atom. The van der Waals surface area contributed by atoms with Crippen molar-refractivity contribution in [1.82, 2.24) is 4.90 Å². The van der Waals surface area contributed by atoms with Gasteiger partial charge in [0, 0.05) is 29.2 Å². The van der Waals surface area contributed by atoms with Crippen LogP contribution in [0, 0.1) is 5.92 Å². The Hall–Kier alpha value is -0.280. The van der Waals surface area contributed by atoms with Gasteiger partial charge in [0.2, 0.25) is 0 Å². The van der Waals surface area contributed by atoms with Gasteiger partial charge < -0.3 is 10.6 Å². The molecule has 4 heteroatoms. The Bertz CT molecular complexity index is 409. The minimum atomic E-state index is 0.361. The van der Waals surface area contributed by atoms with Crippen LogP contribution in [0.3, 0.4) is 0 Å². The standard InChI is InChI=1S/C14H20Cl2N2/c1-10-9-18(7-5-14(10)17)6-4-11-2-3-12(15)8-13(11)16/h2-3,8,10,14H,4-7,9,17H2,1H3. The zero-order valence-corrected chi connectivity index (χ0v) is 12.2. The Balaban J connectivity index is 1.88. The predicted molar refractivity (Wildman–Crippen MR) is 78.4 cm³/mol. The third-order valence-electron chi connectivity index (χ3n) is 3.77. The smallest absolute Gasteiger partial charge is 0.0453 e. The summed E-state index contributed by atoms with van der Waals surface area (Å²) in [6, 6.07) is 6.09. The SMILES string of the molecule is CC1CN(CCc2ccc(Cl)cc2Cl)CCC1N. The van der Waals surface area contributed by atoms with Crippen LogP contribution in [0.25, 0.3) is 0 Å². The average molecular weight is 287 g/mol. The number of piperidine rings is 1. The van der Waals surface area contributed by atoms with Gasteiger partial charge in [-0.15, -0.1) is 0 Å². The maximum Gasteiger partial charge on any atom is 0.0453 e. The number of halogens is 2. The first kappa shape index (κ1) is 14.1. The molecule has 0 saturated carbocycles. The number of nitrogens with two attached hydrogens (primary N) is 1. The van der Waals surface area contributed by atoms with Gasteiger partial charge in [-0.3, -0.25) is 0 Å². The normalized spacial score (nSPS) is 25.3. The minimum absolute atomic E-state index is 0.361. The average Bonchev–Trinajstić information content (AvgIpc) is 2.32. The minimum Gasteiger partial charge on any atom is -0.327 e. The number of hydrogen-bond donors (Lipinski definition) is 1. The van der Waals surface area contributed by atoms with Gasteiger partial charge in [0.05, 0.1) is 0 Å². The molecule has 2 N–H and O–H groups in total. The van der Waals surface area contributed by atoms with E-state index in [9.17, 15) is 0 Å². The zero-order chi connectivity index (χ0) is 13.1. The van der Waals surface area contributed by atoms with Gasteiger partial charge in [-0.2, -0.15) is 0 Å². The van der Waals surface area contributed by atoms with E-state index in [4.69, 9.17) is 28.9 Å². The fourth-order valence-electron chi connectivity index (χ4n) is 2.46. The summed E-state index contributed by atoms with van der Waals surface area (Å²) < 4.78 is 0. The largest absolute Gasteiger partial charge is 0.327 e. The van der Waals surface area contributed by atoms with Crippen molar-refractivity contribution in [1.29, 1.82) is 0 Å². The molecule has 1 fully saturated rings. The summed E-state index contributed by atoms with van der Waals surface area (Å²) >= 11 is 12.1. The van der Waals surface area contributed by atoms with Crippen LogP contribution in [0.2, 0.25) is 10.0 Å². The lowest BCUT2D eigenvalue weighted by atomic mass is 9.94. The van der Waals surface area contributed by atoms with Crippen molar-refractivity contribution in [3.8, 4) is 0 Å². The summed E-state index contributed by atoms with van der Waals surface area (Å²) in [5, 5.41) is 1.46. The molecule has 2 atom stereocenters. The number of likely N-dealkylation sites (tertiary alicyclic amines) is 1. The molecule has 1 heterocycles. The summed E-state index contributed by atoms with van der Waals surface area (Å²) in [5.74, 6) is 0.583. The lowest BCUT2D eigenvalue weighted by Crippen LogP contribution is -2.46. The summed E-state index contributed by atoms with van der Waals surface area (Å²) in [6.45, 7) is 5.45.